The van der Waals surface area contributed by atoms with E-state index in [1.165, 1.54) is 29.2 Å². The molecule has 1 atom stereocenters. The average molecular weight is 517 g/mol. The smallest absolute Gasteiger partial charge is 0.347 e. The number of hydrogen-bond donors (Lipinski definition) is 2. The molecule has 1 aliphatic rings. The maximum atomic E-state index is 12.9. The molecule has 1 amide bonds. The van der Waals surface area contributed by atoms with Crippen molar-refractivity contribution >= 4 is 41.5 Å². The van der Waals surface area contributed by atoms with Crippen LogP contribution in [0.25, 0.3) is 0 Å². The van der Waals surface area contributed by atoms with Crippen LogP contribution in [0.2, 0.25) is 0 Å². The van der Waals surface area contributed by atoms with Crippen molar-refractivity contribution < 1.29 is 22.4 Å². The summed E-state index contributed by atoms with van der Waals surface area (Å²) in [4.78, 5) is 19.3. The highest BCUT2D eigenvalue weighted by Gasteiger charge is 2.41. The zero-order valence-corrected chi connectivity index (χ0v) is 17.9. The lowest BCUT2D eigenvalue weighted by molar-refractivity contribution is -0.181. The van der Waals surface area contributed by atoms with Crippen LogP contribution in [-0.2, 0) is 4.79 Å². The first-order chi connectivity index (χ1) is 12.7. The van der Waals surface area contributed by atoms with Crippen molar-refractivity contribution in [2.75, 3.05) is 45.1 Å². The molecule has 0 aromatic heterocycles. The van der Waals surface area contributed by atoms with E-state index in [-0.39, 0.29) is 49.5 Å². The summed E-state index contributed by atoms with van der Waals surface area (Å²) in [7, 11) is 1.55. The number of anilines is 1. The molecule has 0 spiro atoms. The Kier molecular flexibility index (Phi) is 9.40. The number of carbonyl (C=O) groups is 1. The fourth-order valence-electron chi connectivity index (χ4n) is 2.76. The predicted octanol–water partition coefficient (Wildman–Crippen LogP) is 2.53. The lowest BCUT2D eigenvalue weighted by Gasteiger charge is -2.39. The Bertz CT molecular complexity index is 661. The summed E-state index contributed by atoms with van der Waals surface area (Å²) in [6.45, 7) is 2.34. The molecular weight excluding hydrogens is 493 g/mol. The Morgan fingerprint density at radius 2 is 1.75 bits per heavy atom. The minimum atomic E-state index is -4.25. The van der Waals surface area contributed by atoms with Crippen molar-refractivity contribution in [2.24, 2.45) is 4.99 Å². The summed E-state index contributed by atoms with van der Waals surface area (Å²) in [6.07, 6.45) is -4.25. The number of hydrogen-bond acceptors (Lipinski definition) is 3. The first-order valence-corrected chi connectivity index (χ1v) is 8.52. The first-order valence-electron chi connectivity index (χ1n) is 8.52. The van der Waals surface area contributed by atoms with Crippen LogP contribution in [0.15, 0.2) is 29.3 Å². The van der Waals surface area contributed by atoms with E-state index < -0.39 is 18.0 Å². The number of carbonyl (C=O) groups excluding carboxylic acids is 1. The highest BCUT2D eigenvalue weighted by atomic mass is 127. The summed E-state index contributed by atoms with van der Waals surface area (Å²) in [5.74, 6) is -0.291. The van der Waals surface area contributed by atoms with Gasteiger partial charge in [0.05, 0.1) is 6.54 Å². The highest BCUT2D eigenvalue weighted by molar-refractivity contribution is 14.0. The molecule has 1 unspecified atom stereocenters. The molecule has 158 valence electrons. The molecule has 1 fully saturated rings. The number of benzene rings is 1. The third-order valence-electron chi connectivity index (χ3n) is 4.38. The van der Waals surface area contributed by atoms with Gasteiger partial charge in [-0.05, 0) is 31.2 Å². The highest BCUT2D eigenvalue weighted by Crippen LogP contribution is 2.25. The lowest BCUT2D eigenvalue weighted by Crippen LogP contribution is -2.57. The van der Waals surface area contributed by atoms with Crippen LogP contribution in [0.1, 0.15) is 6.92 Å². The second-order valence-corrected chi connectivity index (χ2v) is 6.20. The molecule has 2 N–H and O–H groups in total. The van der Waals surface area contributed by atoms with Crippen molar-refractivity contribution in [3.05, 3.63) is 30.1 Å². The van der Waals surface area contributed by atoms with E-state index in [1.54, 1.807) is 7.05 Å². The van der Waals surface area contributed by atoms with E-state index in [0.717, 1.165) is 6.92 Å². The SMILES string of the molecule is CN=C(NCC(=O)Nc1ccc(F)cc1)N1CCN(C(C)C(F)(F)F)CC1.I. The zero-order valence-electron chi connectivity index (χ0n) is 15.6. The molecule has 0 saturated carbocycles. The molecule has 0 radical (unpaired) electrons. The van der Waals surface area contributed by atoms with Gasteiger partial charge in [0.2, 0.25) is 5.91 Å². The van der Waals surface area contributed by atoms with Gasteiger partial charge in [0.25, 0.3) is 0 Å². The second-order valence-electron chi connectivity index (χ2n) is 6.20. The number of aliphatic imine (C=N–C) groups is 1. The van der Waals surface area contributed by atoms with Gasteiger partial charge in [-0.15, -0.1) is 24.0 Å². The van der Waals surface area contributed by atoms with Gasteiger partial charge in [-0.3, -0.25) is 14.7 Å². The molecule has 0 aliphatic carbocycles. The summed E-state index contributed by atoms with van der Waals surface area (Å²) in [5, 5.41) is 5.51. The summed E-state index contributed by atoms with van der Waals surface area (Å²) in [6, 6.07) is 3.88. The van der Waals surface area contributed by atoms with Gasteiger partial charge in [0.1, 0.15) is 11.9 Å². The Labute approximate surface area is 178 Å². The van der Waals surface area contributed by atoms with E-state index in [4.69, 9.17) is 0 Å². The molecule has 1 aromatic rings. The standard InChI is InChI=1S/C17H23F4N5O.HI/c1-12(17(19,20)21)25-7-9-26(10-8-25)16(22-2)23-11-15(27)24-14-5-3-13(18)4-6-14;/h3-6,12H,7-11H2,1-2H3,(H,22,23)(H,24,27);1H. The van der Waals surface area contributed by atoms with Gasteiger partial charge in [-0.1, -0.05) is 0 Å². The number of rotatable bonds is 4. The topological polar surface area (TPSA) is 60.0 Å². The Morgan fingerprint density at radius 3 is 2.25 bits per heavy atom. The minimum absolute atomic E-state index is 0. The molecule has 2 rings (SSSR count). The van der Waals surface area contributed by atoms with Crippen LogP contribution >= 0.6 is 24.0 Å². The largest absolute Gasteiger partial charge is 0.403 e. The van der Waals surface area contributed by atoms with Crippen LogP contribution in [0.4, 0.5) is 23.2 Å². The third kappa shape index (κ3) is 7.08. The van der Waals surface area contributed by atoms with Crippen LogP contribution < -0.4 is 10.6 Å². The molecular formula is C17H24F4IN5O. The van der Waals surface area contributed by atoms with E-state index >= 15 is 0 Å². The van der Waals surface area contributed by atoms with Crippen molar-refractivity contribution in [1.29, 1.82) is 0 Å². The maximum absolute atomic E-state index is 12.9. The minimum Gasteiger partial charge on any atom is -0.347 e. The Balaban J connectivity index is 0.00000392. The van der Waals surface area contributed by atoms with Crippen LogP contribution in [0, 0.1) is 5.82 Å². The summed E-state index contributed by atoms with van der Waals surface area (Å²) < 4.78 is 51.3. The van der Waals surface area contributed by atoms with E-state index in [9.17, 15) is 22.4 Å². The lowest BCUT2D eigenvalue weighted by atomic mass is 10.2. The molecule has 1 heterocycles. The van der Waals surface area contributed by atoms with Gasteiger partial charge >= 0.3 is 6.18 Å². The number of piperazine rings is 1. The monoisotopic (exact) mass is 517 g/mol. The van der Waals surface area contributed by atoms with Gasteiger partial charge in [-0.25, -0.2) is 4.39 Å². The fourth-order valence-corrected chi connectivity index (χ4v) is 2.76. The number of amides is 1. The summed E-state index contributed by atoms with van der Waals surface area (Å²) >= 11 is 0. The van der Waals surface area contributed by atoms with Crippen LogP contribution in [0.3, 0.4) is 0 Å². The fraction of sp³-hybridized carbons (Fsp3) is 0.529. The van der Waals surface area contributed by atoms with Gasteiger partial charge in [0, 0.05) is 38.9 Å². The molecule has 11 heteroatoms. The van der Waals surface area contributed by atoms with Crippen LogP contribution in [0.5, 0.6) is 0 Å². The number of halogens is 5. The number of alkyl halides is 3. The molecule has 0 bridgehead atoms. The summed E-state index contributed by atoms with van der Waals surface area (Å²) in [5.41, 5.74) is 0.466. The van der Waals surface area contributed by atoms with E-state index in [0.29, 0.717) is 24.7 Å². The molecule has 1 aromatic carbocycles. The number of nitrogens with one attached hydrogen (secondary N) is 2. The molecule has 6 nitrogen and oxygen atoms in total. The molecule has 28 heavy (non-hydrogen) atoms. The van der Waals surface area contributed by atoms with E-state index in [2.05, 4.69) is 15.6 Å². The predicted molar refractivity (Wildman–Crippen MR) is 110 cm³/mol. The quantitative estimate of drug-likeness (QED) is 0.279. The normalized spacial score (nSPS) is 16.9. The van der Waals surface area contributed by atoms with E-state index in [1.807, 2.05) is 4.90 Å². The Hall–Kier alpha value is -1.63. The number of nitrogens with zero attached hydrogens (tertiary/aromatic N) is 3. The third-order valence-corrected chi connectivity index (χ3v) is 4.38. The van der Waals surface area contributed by atoms with Gasteiger partial charge in [-0.2, -0.15) is 13.2 Å². The maximum Gasteiger partial charge on any atom is 0.403 e. The average Bonchev–Trinajstić information content (AvgIpc) is 2.63. The second kappa shape index (κ2) is 10.8. The Morgan fingerprint density at radius 1 is 1.18 bits per heavy atom. The molecule has 1 aliphatic heterocycles. The zero-order chi connectivity index (χ0) is 20.0. The first kappa shape index (κ1) is 24.4. The van der Waals surface area contributed by atoms with Crippen molar-refractivity contribution in [2.45, 2.75) is 19.1 Å². The van der Waals surface area contributed by atoms with Crippen molar-refractivity contribution in [1.82, 2.24) is 15.1 Å². The molecule has 1 saturated heterocycles. The number of guanidine groups is 1. The van der Waals surface area contributed by atoms with Gasteiger partial charge in [0.15, 0.2) is 5.96 Å². The van der Waals surface area contributed by atoms with Crippen molar-refractivity contribution in [3.63, 3.8) is 0 Å². The van der Waals surface area contributed by atoms with Crippen molar-refractivity contribution in [3.8, 4) is 0 Å². The van der Waals surface area contributed by atoms with Crippen LogP contribution in [-0.4, -0.2) is 73.7 Å². The van der Waals surface area contributed by atoms with Gasteiger partial charge < -0.3 is 15.5 Å².